The van der Waals surface area contributed by atoms with Gasteiger partial charge in [-0.05, 0) is 26.0 Å². The lowest BCUT2D eigenvalue weighted by Crippen LogP contribution is -2.41. The molecule has 1 amide bonds. The second-order valence-electron chi connectivity index (χ2n) is 4.57. The van der Waals surface area contributed by atoms with Gasteiger partial charge in [-0.3, -0.25) is 15.1 Å². The molecule has 0 saturated carbocycles. The zero-order chi connectivity index (χ0) is 14.5. The Kier molecular flexibility index (Phi) is 4.31. The minimum Gasteiger partial charge on any atom is -0.428 e. The molecule has 1 atom stereocenters. The van der Waals surface area contributed by atoms with Gasteiger partial charge in [0.2, 0.25) is 5.88 Å². The van der Waals surface area contributed by atoms with Crippen LogP contribution in [0.3, 0.4) is 0 Å². The van der Waals surface area contributed by atoms with E-state index in [0.717, 1.165) is 0 Å². The molecule has 1 unspecified atom stereocenters. The van der Waals surface area contributed by atoms with Crippen LogP contribution in [0.4, 0.5) is 5.88 Å². The van der Waals surface area contributed by atoms with Gasteiger partial charge in [-0.25, -0.2) is 4.98 Å². The van der Waals surface area contributed by atoms with Crippen molar-refractivity contribution in [2.24, 2.45) is 0 Å². The largest absolute Gasteiger partial charge is 0.428 e. The number of carbonyl (C=O) groups is 1. The molecular weight excluding hydrogens is 258 g/mol. The van der Waals surface area contributed by atoms with Crippen molar-refractivity contribution in [3.05, 3.63) is 42.2 Å². The van der Waals surface area contributed by atoms with E-state index in [1.54, 1.807) is 18.3 Å². The summed E-state index contributed by atoms with van der Waals surface area (Å²) < 4.78 is 4.98. The first-order valence-corrected chi connectivity index (χ1v) is 6.23. The van der Waals surface area contributed by atoms with Gasteiger partial charge in [0.05, 0.1) is 5.56 Å². The third-order valence-corrected chi connectivity index (χ3v) is 2.60. The van der Waals surface area contributed by atoms with Crippen molar-refractivity contribution >= 4 is 11.8 Å². The summed E-state index contributed by atoms with van der Waals surface area (Å²) in [6, 6.07) is 3.51. The Morgan fingerprint density at radius 3 is 2.80 bits per heavy atom. The molecule has 0 aliphatic rings. The smallest absolute Gasteiger partial charge is 0.254 e. The Morgan fingerprint density at radius 2 is 2.25 bits per heavy atom. The van der Waals surface area contributed by atoms with Crippen LogP contribution in [0.2, 0.25) is 0 Å². The van der Waals surface area contributed by atoms with Crippen molar-refractivity contribution < 1.29 is 9.21 Å². The van der Waals surface area contributed by atoms with Gasteiger partial charge >= 0.3 is 0 Å². The van der Waals surface area contributed by atoms with E-state index in [9.17, 15) is 4.79 Å². The molecule has 0 radical (unpaired) electrons. The Morgan fingerprint density at radius 1 is 1.45 bits per heavy atom. The second-order valence-corrected chi connectivity index (χ2v) is 4.57. The van der Waals surface area contributed by atoms with Crippen molar-refractivity contribution in [2.45, 2.75) is 26.1 Å². The van der Waals surface area contributed by atoms with E-state index in [0.29, 0.717) is 11.3 Å². The molecular formula is C13H17N5O2. The number of nitrogens with one attached hydrogen (secondary N) is 2. The Labute approximate surface area is 116 Å². The summed E-state index contributed by atoms with van der Waals surface area (Å²) in [6.07, 6.45) is 3.82. The van der Waals surface area contributed by atoms with Crippen LogP contribution in [0, 0.1) is 0 Å². The zero-order valence-corrected chi connectivity index (χ0v) is 11.3. The molecule has 7 heteroatoms. The molecule has 2 aromatic rings. The molecule has 0 fully saturated rings. The zero-order valence-electron chi connectivity index (χ0n) is 11.3. The summed E-state index contributed by atoms with van der Waals surface area (Å²) in [5.41, 5.74) is 6.62. The molecule has 2 rings (SSSR count). The number of nitrogen functional groups attached to an aromatic ring is 1. The maximum Gasteiger partial charge on any atom is 0.254 e. The fourth-order valence-electron chi connectivity index (χ4n) is 1.71. The summed E-state index contributed by atoms with van der Waals surface area (Å²) in [5.74, 6) is -0.0895. The van der Waals surface area contributed by atoms with Crippen molar-refractivity contribution in [2.75, 3.05) is 5.73 Å². The summed E-state index contributed by atoms with van der Waals surface area (Å²) in [4.78, 5) is 20.1. The first kappa shape index (κ1) is 14.0. The van der Waals surface area contributed by atoms with Crippen LogP contribution in [0.5, 0.6) is 0 Å². The van der Waals surface area contributed by atoms with Gasteiger partial charge in [0, 0.05) is 18.4 Å². The Hall–Kier alpha value is -2.41. The van der Waals surface area contributed by atoms with Gasteiger partial charge in [-0.1, -0.05) is 0 Å². The molecule has 0 bridgehead atoms. The van der Waals surface area contributed by atoms with Crippen molar-refractivity contribution in [1.82, 2.24) is 20.6 Å². The highest BCUT2D eigenvalue weighted by molar-refractivity contribution is 5.94. The van der Waals surface area contributed by atoms with Gasteiger partial charge in [-0.2, -0.15) is 0 Å². The van der Waals surface area contributed by atoms with Gasteiger partial charge in [0.15, 0.2) is 6.39 Å². The highest BCUT2D eigenvalue weighted by Gasteiger charge is 2.21. The number of hydrogen-bond donors (Lipinski definition) is 3. The van der Waals surface area contributed by atoms with Crippen molar-refractivity contribution in [3.63, 3.8) is 0 Å². The van der Waals surface area contributed by atoms with Crippen LogP contribution >= 0.6 is 0 Å². The maximum atomic E-state index is 12.2. The van der Waals surface area contributed by atoms with Crippen molar-refractivity contribution in [3.8, 4) is 0 Å². The summed E-state index contributed by atoms with van der Waals surface area (Å²) >= 11 is 0. The minimum atomic E-state index is -0.526. The SMILES string of the molecule is CC(C)NC(NC(=O)c1cccnc1)c1ncoc1N. The highest BCUT2D eigenvalue weighted by Crippen LogP contribution is 2.17. The summed E-state index contributed by atoms with van der Waals surface area (Å²) in [5, 5.41) is 5.98. The van der Waals surface area contributed by atoms with Gasteiger partial charge in [-0.15, -0.1) is 0 Å². The van der Waals surface area contributed by atoms with Gasteiger partial charge in [0.1, 0.15) is 11.9 Å². The first-order valence-electron chi connectivity index (χ1n) is 6.23. The van der Waals surface area contributed by atoms with Crippen LogP contribution in [-0.4, -0.2) is 21.9 Å². The summed E-state index contributed by atoms with van der Waals surface area (Å²) in [6.45, 7) is 3.92. The van der Waals surface area contributed by atoms with E-state index in [-0.39, 0.29) is 17.8 Å². The molecule has 0 aromatic carbocycles. The lowest BCUT2D eigenvalue weighted by atomic mass is 10.2. The minimum absolute atomic E-state index is 0.130. The molecule has 20 heavy (non-hydrogen) atoms. The predicted molar refractivity (Wildman–Crippen MR) is 73.6 cm³/mol. The van der Waals surface area contributed by atoms with Crippen LogP contribution in [0.1, 0.15) is 36.1 Å². The lowest BCUT2D eigenvalue weighted by Gasteiger charge is -2.21. The quantitative estimate of drug-likeness (QED) is 0.705. The van der Waals surface area contributed by atoms with Crippen LogP contribution in [0.25, 0.3) is 0 Å². The fourth-order valence-corrected chi connectivity index (χ4v) is 1.71. The molecule has 2 aromatic heterocycles. The monoisotopic (exact) mass is 275 g/mol. The van der Waals surface area contributed by atoms with E-state index < -0.39 is 6.17 Å². The molecule has 4 N–H and O–H groups in total. The number of pyridine rings is 1. The predicted octanol–water partition coefficient (Wildman–Crippen LogP) is 1.08. The van der Waals surface area contributed by atoms with E-state index in [1.165, 1.54) is 12.6 Å². The third kappa shape index (κ3) is 3.33. The number of aromatic nitrogens is 2. The van der Waals surface area contributed by atoms with E-state index in [2.05, 4.69) is 20.6 Å². The van der Waals surface area contributed by atoms with Crippen LogP contribution in [0.15, 0.2) is 35.3 Å². The van der Waals surface area contributed by atoms with Gasteiger partial charge < -0.3 is 15.5 Å². The maximum absolute atomic E-state index is 12.2. The number of carbonyl (C=O) groups excluding carboxylic acids is 1. The number of oxazole rings is 1. The van der Waals surface area contributed by atoms with Crippen LogP contribution in [-0.2, 0) is 0 Å². The number of rotatable bonds is 5. The first-order chi connectivity index (χ1) is 9.58. The average Bonchev–Trinajstić information content (AvgIpc) is 2.84. The fraction of sp³-hybridized carbons (Fsp3) is 0.308. The number of nitrogens with two attached hydrogens (primary N) is 1. The summed E-state index contributed by atoms with van der Waals surface area (Å²) in [7, 11) is 0. The average molecular weight is 275 g/mol. The lowest BCUT2D eigenvalue weighted by molar-refractivity contribution is 0.0925. The molecule has 0 spiro atoms. The van der Waals surface area contributed by atoms with Gasteiger partial charge in [0.25, 0.3) is 5.91 Å². The topological polar surface area (TPSA) is 106 Å². The number of anilines is 1. The Bertz CT molecular complexity index is 567. The highest BCUT2D eigenvalue weighted by atomic mass is 16.3. The normalized spacial score (nSPS) is 12.3. The number of nitrogens with zero attached hydrogens (tertiary/aromatic N) is 2. The van der Waals surface area contributed by atoms with E-state index in [1.807, 2.05) is 13.8 Å². The molecule has 0 saturated heterocycles. The standard InChI is InChI=1S/C13H17N5O2/c1-8(2)17-12(10-11(14)20-7-16-10)18-13(19)9-4-3-5-15-6-9/h3-8,12,17H,14H2,1-2H3,(H,18,19). The molecule has 2 heterocycles. The molecule has 0 aliphatic carbocycles. The second kappa shape index (κ2) is 6.16. The molecule has 7 nitrogen and oxygen atoms in total. The molecule has 0 aliphatic heterocycles. The van der Waals surface area contributed by atoms with E-state index >= 15 is 0 Å². The van der Waals surface area contributed by atoms with Crippen molar-refractivity contribution in [1.29, 1.82) is 0 Å². The third-order valence-electron chi connectivity index (χ3n) is 2.60. The molecule has 106 valence electrons. The van der Waals surface area contributed by atoms with E-state index in [4.69, 9.17) is 10.2 Å². The van der Waals surface area contributed by atoms with Crippen LogP contribution < -0.4 is 16.4 Å². The number of hydrogen-bond acceptors (Lipinski definition) is 6. The Balaban J connectivity index is 2.17. The number of amides is 1.